The lowest BCUT2D eigenvalue weighted by molar-refractivity contribution is 0.300. The molecule has 0 atom stereocenters. The molecule has 0 heterocycles. The average Bonchev–Trinajstić information content (AvgIpc) is 1.68. The van der Waals surface area contributed by atoms with Crippen molar-refractivity contribution in [2.24, 2.45) is 0 Å². The summed E-state index contributed by atoms with van der Waals surface area (Å²) in [4.78, 5) is 16.5. The van der Waals surface area contributed by atoms with Crippen molar-refractivity contribution in [1.29, 1.82) is 0 Å². The Balaban J connectivity index is 3.85. The Labute approximate surface area is 41.2 Å². The molecule has 5 heteroatoms. The van der Waals surface area contributed by atoms with Crippen molar-refractivity contribution in [3.8, 4) is 0 Å². The molecule has 0 fully saturated rings. The zero-order valence-electron chi connectivity index (χ0n) is 3.77. The highest BCUT2D eigenvalue weighted by molar-refractivity contribution is 7.58. The van der Waals surface area contributed by atoms with Gasteiger partial charge in [-0.25, -0.2) is 0 Å². The van der Waals surface area contributed by atoms with Crippen LogP contribution in [0.25, 0.3) is 0 Å². The molecule has 3 N–H and O–H groups in total. The second-order valence-electron chi connectivity index (χ2n) is 0.887. The Morgan fingerprint density at radius 1 is 1.57 bits per heavy atom. The SMILES string of the molecule is COP(O)(O)=CO. The quantitative estimate of drug-likeness (QED) is 0.415. The van der Waals surface area contributed by atoms with Crippen LogP contribution in [0.15, 0.2) is 0 Å². The number of hydrogen-bond donors (Lipinski definition) is 3. The smallest absolute Gasteiger partial charge is 0.275 e. The van der Waals surface area contributed by atoms with E-state index in [1.165, 1.54) is 0 Å². The minimum absolute atomic E-state index is 0.243. The van der Waals surface area contributed by atoms with Crippen LogP contribution in [0.4, 0.5) is 0 Å². The molecule has 0 aliphatic heterocycles. The van der Waals surface area contributed by atoms with Crippen molar-refractivity contribution in [2.45, 2.75) is 0 Å². The molecule has 0 aliphatic carbocycles. The summed E-state index contributed by atoms with van der Waals surface area (Å²) in [6.07, 6.45) is 0. The number of hydrogen-bond acceptors (Lipinski definition) is 3. The lowest BCUT2D eigenvalue weighted by atomic mass is 11.7. The van der Waals surface area contributed by atoms with Gasteiger partial charge in [0.1, 0.15) is 5.98 Å². The molecule has 44 valence electrons. The number of aliphatic hydroxyl groups excluding tert-OH is 1. The molecular formula is C2H7O4P. The van der Waals surface area contributed by atoms with E-state index in [0.717, 1.165) is 7.11 Å². The fourth-order valence-electron chi connectivity index (χ4n) is 0.0471. The van der Waals surface area contributed by atoms with E-state index in [9.17, 15) is 0 Å². The highest BCUT2D eigenvalue weighted by atomic mass is 31.2. The van der Waals surface area contributed by atoms with Crippen LogP contribution in [0.2, 0.25) is 0 Å². The summed E-state index contributed by atoms with van der Waals surface area (Å²) >= 11 is 0. The first-order valence-electron chi connectivity index (χ1n) is 1.51. The van der Waals surface area contributed by atoms with Crippen LogP contribution in [0.3, 0.4) is 0 Å². The molecule has 0 aromatic heterocycles. The van der Waals surface area contributed by atoms with E-state index in [-0.39, 0.29) is 5.98 Å². The van der Waals surface area contributed by atoms with Crippen molar-refractivity contribution < 1.29 is 19.4 Å². The third kappa shape index (κ3) is 2.79. The molecule has 0 rings (SSSR count). The summed E-state index contributed by atoms with van der Waals surface area (Å²) in [5.41, 5.74) is 0. The van der Waals surface area contributed by atoms with Gasteiger partial charge in [0.15, 0.2) is 0 Å². The predicted octanol–water partition coefficient (Wildman–Crippen LogP) is -0.488. The van der Waals surface area contributed by atoms with Gasteiger partial charge in [-0.05, 0) is 0 Å². The van der Waals surface area contributed by atoms with Gasteiger partial charge >= 0.3 is 0 Å². The molecular weight excluding hydrogens is 119 g/mol. The molecule has 0 radical (unpaired) electrons. The van der Waals surface area contributed by atoms with E-state index in [0.29, 0.717) is 0 Å². The largest absolute Gasteiger partial charge is 0.362 e. The summed E-state index contributed by atoms with van der Waals surface area (Å²) in [5, 5.41) is 7.89. The second-order valence-corrected chi connectivity index (χ2v) is 2.66. The third-order valence-corrected chi connectivity index (χ3v) is 1.26. The molecule has 4 nitrogen and oxygen atoms in total. The van der Waals surface area contributed by atoms with Crippen molar-refractivity contribution >= 4 is 13.5 Å². The summed E-state index contributed by atoms with van der Waals surface area (Å²) < 4.78 is 4.00. The van der Waals surface area contributed by atoms with Gasteiger partial charge in [0.25, 0.3) is 7.57 Å². The topological polar surface area (TPSA) is 69.9 Å². The molecule has 0 aliphatic rings. The Hall–Kier alpha value is 0.140. The van der Waals surface area contributed by atoms with Gasteiger partial charge in [-0.3, -0.25) is 0 Å². The maximum Gasteiger partial charge on any atom is 0.275 e. The summed E-state index contributed by atoms with van der Waals surface area (Å²) in [6, 6.07) is 0. The van der Waals surface area contributed by atoms with Crippen molar-refractivity contribution in [1.82, 2.24) is 0 Å². The standard InChI is InChI=1S/C2H7O4P/c1-6-7(4,5)2-3/h2-5H,1H3. The molecule has 0 saturated heterocycles. The molecule has 0 bridgehead atoms. The predicted molar refractivity (Wildman–Crippen MR) is 26.4 cm³/mol. The summed E-state index contributed by atoms with van der Waals surface area (Å²) in [7, 11) is -2.38. The van der Waals surface area contributed by atoms with Gasteiger partial charge in [0.05, 0.1) is 0 Å². The van der Waals surface area contributed by atoms with Gasteiger partial charge in [0, 0.05) is 7.11 Å². The molecule has 7 heavy (non-hydrogen) atoms. The number of rotatable bonds is 1. The van der Waals surface area contributed by atoms with Crippen molar-refractivity contribution in [2.75, 3.05) is 7.11 Å². The van der Waals surface area contributed by atoms with Crippen LogP contribution in [0, 0.1) is 0 Å². The molecule has 0 amide bonds. The van der Waals surface area contributed by atoms with E-state index in [1.54, 1.807) is 0 Å². The normalized spacial score (nSPS) is 11.4. The summed E-state index contributed by atoms with van der Waals surface area (Å²) in [5.74, 6) is 0.243. The zero-order valence-corrected chi connectivity index (χ0v) is 4.67. The van der Waals surface area contributed by atoms with E-state index in [2.05, 4.69) is 4.52 Å². The Kier molecular flexibility index (Phi) is 2.50. The first-order valence-corrected chi connectivity index (χ1v) is 3.19. The van der Waals surface area contributed by atoms with Crippen molar-refractivity contribution in [3.63, 3.8) is 0 Å². The maximum atomic E-state index is 8.27. The Morgan fingerprint density at radius 3 is 2.00 bits per heavy atom. The van der Waals surface area contributed by atoms with Crippen LogP contribution in [0.1, 0.15) is 0 Å². The first kappa shape index (κ1) is 7.14. The lowest BCUT2D eigenvalue weighted by Gasteiger charge is -2.03. The first-order chi connectivity index (χ1) is 3.12. The van der Waals surface area contributed by atoms with Gasteiger partial charge in [-0.15, -0.1) is 0 Å². The fraction of sp³-hybridized carbons (Fsp3) is 0.500. The molecule has 0 aromatic rings. The van der Waals surface area contributed by atoms with Gasteiger partial charge in [-0.1, -0.05) is 0 Å². The fourth-order valence-corrected chi connectivity index (χ4v) is 0.141. The van der Waals surface area contributed by atoms with Gasteiger partial charge in [0.2, 0.25) is 0 Å². The van der Waals surface area contributed by atoms with E-state index < -0.39 is 7.57 Å². The minimum atomic E-state index is -3.47. The molecule has 0 aromatic carbocycles. The van der Waals surface area contributed by atoms with Gasteiger partial charge < -0.3 is 19.4 Å². The molecule has 0 saturated carbocycles. The second kappa shape index (κ2) is 2.45. The Bertz CT molecular complexity index is 91.9. The molecule has 0 unspecified atom stereocenters. The highest BCUT2D eigenvalue weighted by Gasteiger charge is 2.02. The number of aliphatic hydroxyl groups is 1. The van der Waals surface area contributed by atoms with Gasteiger partial charge in [-0.2, -0.15) is 0 Å². The summed E-state index contributed by atoms with van der Waals surface area (Å²) in [6.45, 7) is 0. The Morgan fingerprint density at radius 2 is 2.00 bits per heavy atom. The van der Waals surface area contributed by atoms with Crippen LogP contribution >= 0.6 is 7.57 Å². The maximum absolute atomic E-state index is 8.27. The highest BCUT2D eigenvalue weighted by Crippen LogP contribution is 2.34. The van der Waals surface area contributed by atoms with E-state index in [1.807, 2.05) is 0 Å². The van der Waals surface area contributed by atoms with Crippen LogP contribution in [-0.4, -0.2) is 28.0 Å². The van der Waals surface area contributed by atoms with Crippen LogP contribution < -0.4 is 0 Å². The third-order valence-electron chi connectivity index (χ3n) is 0.419. The van der Waals surface area contributed by atoms with Crippen molar-refractivity contribution in [3.05, 3.63) is 0 Å². The van der Waals surface area contributed by atoms with Crippen LogP contribution in [-0.2, 0) is 4.52 Å². The zero-order chi connectivity index (χ0) is 5.91. The lowest BCUT2D eigenvalue weighted by Crippen LogP contribution is -1.84. The monoisotopic (exact) mass is 126 g/mol. The minimum Gasteiger partial charge on any atom is -0.362 e. The van der Waals surface area contributed by atoms with Crippen LogP contribution in [0.5, 0.6) is 0 Å². The average molecular weight is 126 g/mol. The van der Waals surface area contributed by atoms with E-state index in [4.69, 9.17) is 14.9 Å². The molecule has 0 spiro atoms. The van der Waals surface area contributed by atoms with E-state index >= 15 is 0 Å².